The van der Waals surface area contributed by atoms with Crippen LogP contribution in [-0.2, 0) is 14.3 Å². The van der Waals surface area contributed by atoms with Gasteiger partial charge >= 0.3 is 5.97 Å². The maximum absolute atomic E-state index is 12.9. The lowest BCUT2D eigenvalue weighted by Gasteiger charge is -2.51. The molecule has 178 valence electrons. The van der Waals surface area contributed by atoms with Crippen LogP contribution in [0.15, 0.2) is 24.3 Å². The first-order chi connectivity index (χ1) is 15.9. The monoisotopic (exact) mass is 455 g/mol. The molecule has 0 radical (unpaired) electrons. The summed E-state index contributed by atoms with van der Waals surface area (Å²) >= 11 is 0. The number of hydrogen-bond acceptors (Lipinski definition) is 7. The van der Waals surface area contributed by atoms with Crippen molar-refractivity contribution in [1.29, 1.82) is 0 Å². The van der Waals surface area contributed by atoms with E-state index in [9.17, 15) is 14.9 Å². The second kappa shape index (κ2) is 7.67. The van der Waals surface area contributed by atoms with Crippen LogP contribution in [0.3, 0.4) is 0 Å². The molecule has 1 aromatic carbocycles. The molecule has 5 aliphatic rings. The number of carbonyl (C=O) groups excluding carboxylic acids is 1. The number of nitro benzene ring substituents is 1. The third kappa shape index (κ3) is 3.62. The van der Waals surface area contributed by atoms with Crippen molar-refractivity contribution in [2.75, 3.05) is 44.2 Å². The van der Waals surface area contributed by atoms with Crippen LogP contribution in [0.5, 0.6) is 0 Å². The van der Waals surface area contributed by atoms with E-state index in [1.807, 2.05) is 12.1 Å². The SMILES string of the molecule is C[C@]12CCC[C@]3(CO3)[C@@H]1C[C@@H]1[C@H](C2)OC(=O)[C@H]1CN1CCN(c2ccc([N+](=O)[O-])cc2)CC1. The van der Waals surface area contributed by atoms with E-state index in [1.54, 1.807) is 12.1 Å². The van der Waals surface area contributed by atoms with Gasteiger partial charge in [0.15, 0.2) is 0 Å². The number of epoxide rings is 1. The molecule has 0 unspecified atom stereocenters. The van der Waals surface area contributed by atoms with Crippen molar-refractivity contribution in [3.63, 3.8) is 0 Å². The van der Waals surface area contributed by atoms with Crippen LogP contribution in [0.25, 0.3) is 0 Å². The second-order valence-corrected chi connectivity index (χ2v) is 11.2. The summed E-state index contributed by atoms with van der Waals surface area (Å²) in [6.45, 7) is 7.53. The van der Waals surface area contributed by atoms with Gasteiger partial charge in [-0.3, -0.25) is 19.8 Å². The van der Waals surface area contributed by atoms with Gasteiger partial charge in [-0.2, -0.15) is 0 Å². The maximum Gasteiger partial charge on any atom is 0.310 e. The Hall–Kier alpha value is -2.19. The minimum atomic E-state index is -0.367. The maximum atomic E-state index is 12.9. The Balaban J connectivity index is 1.09. The molecule has 0 bridgehead atoms. The smallest absolute Gasteiger partial charge is 0.310 e. The van der Waals surface area contributed by atoms with E-state index in [0.29, 0.717) is 11.8 Å². The number of benzene rings is 1. The van der Waals surface area contributed by atoms with Gasteiger partial charge in [0.1, 0.15) is 6.10 Å². The van der Waals surface area contributed by atoms with Gasteiger partial charge in [-0.15, -0.1) is 0 Å². The topological polar surface area (TPSA) is 88.5 Å². The first-order valence-electron chi connectivity index (χ1n) is 12.4. The molecule has 6 atom stereocenters. The summed E-state index contributed by atoms with van der Waals surface area (Å²) < 4.78 is 12.0. The van der Waals surface area contributed by atoms with Gasteiger partial charge in [-0.05, 0) is 55.6 Å². The lowest BCUT2D eigenvalue weighted by Crippen LogP contribution is -2.52. The summed E-state index contributed by atoms with van der Waals surface area (Å²) in [6.07, 6.45) is 5.73. The minimum Gasteiger partial charge on any atom is -0.462 e. The zero-order chi connectivity index (χ0) is 22.8. The van der Waals surface area contributed by atoms with Gasteiger partial charge in [0.2, 0.25) is 0 Å². The van der Waals surface area contributed by atoms with E-state index in [4.69, 9.17) is 9.47 Å². The Bertz CT molecular complexity index is 940. The van der Waals surface area contributed by atoms with E-state index in [1.165, 1.54) is 19.3 Å². The Kier molecular flexibility index (Phi) is 4.96. The largest absolute Gasteiger partial charge is 0.462 e. The van der Waals surface area contributed by atoms with Crippen LogP contribution in [0.2, 0.25) is 0 Å². The Labute approximate surface area is 194 Å². The molecule has 0 amide bonds. The number of nitro groups is 1. The molecule has 0 N–H and O–H groups in total. The molecule has 8 heteroatoms. The van der Waals surface area contributed by atoms with E-state index >= 15 is 0 Å². The van der Waals surface area contributed by atoms with Crippen LogP contribution in [-0.4, -0.2) is 66.8 Å². The van der Waals surface area contributed by atoms with Crippen LogP contribution in [0.4, 0.5) is 11.4 Å². The van der Waals surface area contributed by atoms with Crippen LogP contribution < -0.4 is 4.90 Å². The van der Waals surface area contributed by atoms with Crippen molar-refractivity contribution < 1.29 is 19.2 Å². The highest BCUT2D eigenvalue weighted by Crippen LogP contribution is 2.62. The molecule has 3 aliphatic heterocycles. The predicted molar refractivity (Wildman–Crippen MR) is 122 cm³/mol. The van der Waals surface area contributed by atoms with Crippen molar-refractivity contribution in [1.82, 2.24) is 4.90 Å². The summed E-state index contributed by atoms with van der Waals surface area (Å²) in [5.41, 5.74) is 1.46. The summed E-state index contributed by atoms with van der Waals surface area (Å²) in [5.74, 6) is 0.817. The fraction of sp³-hybridized carbons (Fsp3) is 0.720. The van der Waals surface area contributed by atoms with E-state index < -0.39 is 0 Å². The van der Waals surface area contributed by atoms with Crippen LogP contribution in [0, 0.1) is 33.3 Å². The highest BCUT2D eigenvalue weighted by Gasteiger charge is 2.65. The zero-order valence-corrected chi connectivity index (χ0v) is 19.3. The molecule has 2 saturated carbocycles. The third-order valence-corrected chi connectivity index (χ3v) is 9.33. The number of ether oxygens (including phenoxy) is 2. The van der Waals surface area contributed by atoms with E-state index in [2.05, 4.69) is 16.7 Å². The molecule has 8 nitrogen and oxygen atoms in total. The molecule has 33 heavy (non-hydrogen) atoms. The second-order valence-electron chi connectivity index (χ2n) is 11.2. The molecular weight excluding hydrogens is 422 g/mol. The number of nitrogens with zero attached hydrogens (tertiary/aromatic N) is 3. The highest BCUT2D eigenvalue weighted by atomic mass is 16.6. The Morgan fingerprint density at radius 1 is 1.15 bits per heavy atom. The molecule has 6 rings (SSSR count). The average molecular weight is 456 g/mol. The lowest BCUT2D eigenvalue weighted by molar-refractivity contribution is -0.384. The molecule has 1 aromatic rings. The van der Waals surface area contributed by atoms with Gasteiger partial charge in [0.25, 0.3) is 5.69 Å². The Morgan fingerprint density at radius 3 is 2.55 bits per heavy atom. The van der Waals surface area contributed by atoms with Crippen LogP contribution >= 0.6 is 0 Å². The molecule has 0 aromatic heterocycles. The highest BCUT2D eigenvalue weighted by molar-refractivity contribution is 5.75. The average Bonchev–Trinajstić information content (AvgIpc) is 3.51. The van der Waals surface area contributed by atoms with Crippen molar-refractivity contribution in [2.45, 2.75) is 50.7 Å². The first kappa shape index (κ1) is 21.4. The van der Waals surface area contributed by atoms with Gasteiger partial charge in [0, 0.05) is 56.5 Å². The van der Waals surface area contributed by atoms with Gasteiger partial charge in [0.05, 0.1) is 23.0 Å². The van der Waals surface area contributed by atoms with Crippen molar-refractivity contribution in [2.24, 2.45) is 23.2 Å². The number of esters is 1. The number of hydrogen-bond donors (Lipinski definition) is 0. The van der Waals surface area contributed by atoms with Crippen LogP contribution in [0.1, 0.15) is 39.0 Å². The summed E-state index contributed by atoms with van der Waals surface area (Å²) in [6, 6.07) is 6.78. The molecule has 3 heterocycles. The fourth-order valence-corrected chi connectivity index (χ4v) is 7.42. The number of piperazine rings is 1. The summed E-state index contributed by atoms with van der Waals surface area (Å²) in [4.78, 5) is 28.1. The van der Waals surface area contributed by atoms with Gasteiger partial charge < -0.3 is 14.4 Å². The number of carbonyl (C=O) groups is 1. The summed E-state index contributed by atoms with van der Waals surface area (Å²) in [5, 5.41) is 10.9. The number of fused-ring (bicyclic) bond motifs is 3. The lowest BCUT2D eigenvalue weighted by atomic mass is 9.53. The zero-order valence-electron chi connectivity index (χ0n) is 19.3. The predicted octanol–water partition coefficient (Wildman–Crippen LogP) is 3.24. The van der Waals surface area contributed by atoms with Gasteiger partial charge in [-0.1, -0.05) is 6.92 Å². The Morgan fingerprint density at radius 2 is 1.88 bits per heavy atom. The van der Waals surface area contributed by atoms with Crippen molar-refractivity contribution >= 4 is 17.3 Å². The van der Waals surface area contributed by atoms with E-state index in [0.717, 1.165) is 57.9 Å². The summed E-state index contributed by atoms with van der Waals surface area (Å²) in [7, 11) is 0. The fourth-order valence-electron chi connectivity index (χ4n) is 7.42. The first-order valence-corrected chi connectivity index (χ1v) is 12.4. The third-order valence-electron chi connectivity index (χ3n) is 9.33. The number of anilines is 1. The van der Waals surface area contributed by atoms with Gasteiger partial charge in [-0.25, -0.2) is 0 Å². The molecular formula is C25H33N3O5. The molecule has 5 fully saturated rings. The number of non-ortho nitro benzene ring substituents is 1. The van der Waals surface area contributed by atoms with Crippen molar-refractivity contribution in [3.8, 4) is 0 Å². The normalized spacial score (nSPS) is 40.3. The number of rotatable bonds is 4. The minimum absolute atomic E-state index is 0.00388. The molecule has 1 spiro atoms. The van der Waals surface area contributed by atoms with E-state index in [-0.39, 0.29) is 39.6 Å². The quantitative estimate of drug-likeness (QED) is 0.298. The molecule has 2 aliphatic carbocycles. The van der Waals surface area contributed by atoms with Crippen molar-refractivity contribution in [3.05, 3.63) is 34.4 Å². The standard InChI is InChI=1S/C25H33N3O5/c1-24-7-2-8-25(16-32-25)22(24)13-19-20(23(29)33-21(19)14-24)15-26-9-11-27(12-10-26)17-3-5-18(6-4-17)28(30)31/h3-6,19-22H,2,7-16H2,1H3/t19-,20-,21-,22+,24+,25-/m0/s1. The molecule has 3 saturated heterocycles.